The van der Waals surface area contributed by atoms with Crippen molar-refractivity contribution < 1.29 is 4.74 Å². The Balaban J connectivity index is 1.50. The highest BCUT2D eigenvalue weighted by Gasteiger charge is 2.29. The fourth-order valence-electron chi connectivity index (χ4n) is 2.73. The van der Waals surface area contributed by atoms with Crippen molar-refractivity contribution in [2.24, 2.45) is 5.92 Å². The Morgan fingerprint density at radius 2 is 2.20 bits per heavy atom. The molecule has 0 unspecified atom stereocenters. The van der Waals surface area contributed by atoms with Crippen LogP contribution in [0.5, 0.6) is 0 Å². The number of aryl methyl sites for hydroxylation is 1. The number of hydrogen-bond donors (Lipinski definition) is 0. The summed E-state index contributed by atoms with van der Waals surface area (Å²) < 4.78 is 5.62. The van der Waals surface area contributed by atoms with Gasteiger partial charge in [0, 0.05) is 17.3 Å². The second-order valence-electron chi connectivity index (χ2n) is 5.47. The van der Waals surface area contributed by atoms with E-state index >= 15 is 0 Å². The molecule has 104 valence electrons. The van der Waals surface area contributed by atoms with E-state index in [-0.39, 0.29) is 0 Å². The molecule has 3 heteroatoms. The molecule has 0 aliphatic heterocycles. The smallest absolute Gasteiger partial charge is 0.159 e. The fraction of sp³-hybridized carbons (Fsp3) is 0.412. The summed E-state index contributed by atoms with van der Waals surface area (Å²) in [5, 5.41) is 1.11. The van der Waals surface area contributed by atoms with Crippen molar-refractivity contribution in [3.8, 4) is 0 Å². The number of fused-ring (bicyclic) bond motifs is 1. The van der Waals surface area contributed by atoms with Gasteiger partial charge in [-0.1, -0.05) is 6.08 Å². The molecule has 20 heavy (non-hydrogen) atoms. The van der Waals surface area contributed by atoms with Gasteiger partial charge in [-0.15, -0.1) is 6.58 Å². The standard InChI is InChI=1S/C17H20N2O/c1-2-10-20-16-11-13(12-16)5-7-15-8-6-14-4-3-9-18-17(14)19-15/h2-4,6,8-9,13,16H,1,5,7,10-12H2/t13-,16+. The average Bonchev–Trinajstić information content (AvgIpc) is 2.45. The minimum absolute atomic E-state index is 0.448. The van der Waals surface area contributed by atoms with Crippen molar-refractivity contribution in [3.63, 3.8) is 0 Å². The van der Waals surface area contributed by atoms with Crippen LogP contribution in [0.25, 0.3) is 11.0 Å². The summed E-state index contributed by atoms with van der Waals surface area (Å²) in [6, 6.07) is 8.23. The van der Waals surface area contributed by atoms with Crippen LogP contribution in [0.15, 0.2) is 43.1 Å². The highest BCUT2D eigenvalue weighted by atomic mass is 16.5. The maximum atomic E-state index is 5.62. The molecule has 1 saturated carbocycles. The molecule has 3 rings (SSSR count). The van der Waals surface area contributed by atoms with E-state index in [1.165, 1.54) is 19.3 Å². The molecule has 0 atom stereocenters. The van der Waals surface area contributed by atoms with Gasteiger partial charge in [-0.2, -0.15) is 0 Å². The molecule has 2 aromatic rings. The van der Waals surface area contributed by atoms with E-state index in [2.05, 4.69) is 28.7 Å². The van der Waals surface area contributed by atoms with Gasteiger partial charge < -0.3 is 4.74 Å². The Morgan fingerprint density at radius 3 is 3.05 bits per heavy atom. The topological polar surface area (TPSA) is 35.0 Å². The molecule has 0 amide bonds. The molecule has 0 spiro atoms. The molecular weight excluding hydrogens is 248 g/mol. The lowest BCUT2D eigenvalue weighted by Gasteiger charge is -2.34. The molecule has 1 fully saturated rings. The quantitative estimate of drug-likeness (QED) is 0.752. The predicted molar refractivity (Wildman–Crippen MR) is 80.5 cm³/mol. The first kappa shape index (κ1) is 13.3. The average molecular weight is 268 g/mol. The van der Waals surface area contributed by atoms with Gasteiger partial charge in [-0.05, 0) is 55.9 Å². The maximum absolute atomic E-state index is 5.62. The van der Waals surface area contributed by atoms with Gasteiger partial charge in [0.1, 0.15) is 0 Å². The van der Waals surface area contributed by atoms with Crippen molar-refractivity contribution in [2.75, 3.05) is 6.61 Å². The van der Waals surface area contributed by atoms with Crippen molar-refractivity contribution in [2.45, 2.75) is 31.8 Å². The zero-order valence-corrected chi connectivity index (χ0v) is 11.7. The largest absolute Gasteiger partial charge is 0.374 e. The number of pyridine rings is 2. The van der Waals surface area contributed by atoms with Crippen LogP contribution in [0.3, 0.4) is 0 Å². The zero-order valence-electron chi connectivity index (χ0n) is 11.7. The van der Waals surface area contributed by atoms with Gasteiger partial charge in [0.05, 0.1) is 12.7 Å². The maximum Gasteiger partial charge on any atom is 0.159 e. The van der Waals surface area contributed by atoms with Crippen molar-refractivity contribution in [1.82, 2.24) is 9.97 Å². The van der Waals surface area contributed by atoms with Gasteiger partial charge in [0.2, 0.25) is 0 Å². The van der Waals surface area contributed by atoms with Crippen molar-refractivity contribution >= 4 is 11.0 Å². The minimum atomic E-state index is 0.448. The molecule has 1 aliphatic carbocycles. The third-order valence-electron chi connectivity index (χ3n) is 3.97. The first-order chi connectivity index (χ1) is 9.85. The molecule has 0 aromatic carbocycles. The van der Waals surface area contributed by atoms with Crippen LogP contribution in [0, 0.1) is 5.92 Å². The normalized spacial score (nSPS) is 21.6. The van der Waals surface area contributed by atoms with Gasteiger partial charge in [0.15, 0.2) is 5.65 Å². The van der Waals surface area contributed by atoms with Crippen LogP contribution in [0.4, 0.5) is 0 Å². The Labute approximate surface area is 119 Å². The molecule has 3 nitrogen and oxygen atoms in total. The van der Waals surface area contributed by atoms with E-state index < -0.39 is 0 Å². The van der Waals surface area contributed by atoms with E-state index in [1.807, 2.05) is 18.2 Å². The van der Waals surface area contributed by atoms with Crippen molar-refractivity contribution in [3.05, 3.63) is 48.8 Å². The molecule has 2 aromatic heterocycles. The van der Waals surface area contributed by atoms with Crippen LogP contribution in [0.1, 0.15) is 25.0 Å². The van der Waals surface area contributed by atoms with Crippen LogP contribution in [0.2, 0.25) is 0 Å². The zero-order chi connectivity index (χ0) is 13.8. The summed E-state index contributed by atoms with van der Waals surface area (Å²) in [5.74, 6) is 0.783. The summed E-state index contributed by atoms with van der Waals surface area (Å²) in [5.41, 5.74) is 2.00. The van der Waals surface area contributed by atoms with Gasteiger partial charge >= 0.3 is 0 Å². The van der Waals surface area contributed by atoms with Gasteiger partial charge in [-0.25, -0.2) is 9.97 Å². The minimum Gasteiger partial charge on any atom is -0.374 e. The van der Waals surface area contributed by atoms with E-state index in [0.29, 0.717) is 12.7 Å². The van der Waals surface area contributed by atoms with E-state index in [0.717, 1.165) is 29.1 Å². The van der Waals surface area contributed by atoms with Crippen molar-refractivity contribution in [1.29, 1.82) is 0 Å². The fourth-order valence-corrected chi connectivity index (χ4v) is 2.73. The number of rotatable bonds is 6. The van der Waals surface area contributed by atoms with E-state index in [9.17, 15) is 0 Å². The second-order valence-corrected chi connectivity index (χ2v) is 5.47. The van der Waals surface area contributed by atoms with Crippen LogP contribution in [-0.4, -0.2) is 22.7 Å². The lowest BCUT2D eigenvalue weighted by atomic mass is 9.79. The Kier molecular flexibility index (Phi) is 4.07. The Bertz CT molecular complexity index is 590. The number of nitrogens with zero attached hydrogens (tertiary/aromatic N) is 2. The lowest BCUT2D eigenvalue weighted by Crippen LogP contribution is -2.31. The van der Waals surface area contributed by atoms with Gasteiger partial charge in [0.25, 0.3) is 0 Å². The highest BCUT2D eigenvalue weighted by molar-refractivity contribution is 5.74. The van der Waals surface area contributed by atoms with Crippen LogP contribution < -0.4 is 0 Å². The van der Waals surface area contributed by atoms with E-state index in [4.69, 9.17) is 4.74 Å². The predicted octanol–water partition coefficient (Wildman–Crippen LogP) is 3.54. The highest BCUT2D eigenvalue weighted by Crippen LogP contribution is 2.33. The Hall–Kier alpha value is -1.74. The first-order valence-corrected chi connectivity index (χ1v) is 7.28. The van der Waals surface area contributed by atoms with Crippen LogP contribution >= 0.6 is 0 Å². The second kappa shape index (κ2) is 6.14. The van der Waals surface area contributed by atoms with E-state index in [1.54, 1.807) is 6.20 Å². The summed E-state index contributed by atoms with van der Waals surface area (Å²) in [6.45, 7) is 4.35. The molecular formula is C17H20N2O. The Morgan fingerprint density at radius 1 is 1.30 bits per heavy atom. The number of hydrogen-bond acceptors (Lipinski definition) is 3. The molecule has 0 saturated heterocycles. The number of aromatic nitrogens is 2. The summed E-state index contributed by atoms with van der Waals surface area (Å²) >= 11 is 0. The third-order valence-corrected chi connectivity index (χ3v) is 3.97. The van der Waals surface area contributed by atoms with Crippen LogP contribution in [-0.2, 0) is 11.2 Å². The monoisotopic (exact) mass is 268 g/mol. The third kappa shape index (κ3) is 3.05. The molecule has 0 radical (unpaired) electrons. The molecule has 0 N–H and O–H groups in total. The molecule has 1 aliphatic rings. The summed E-state index contributed by atoms with van der Waals surface area (Å²) in [6.07, 6.45) is 8.65. The number of ether oxygens (including phenoxy) is 1. The lowest BCUT2D eigenvalue weighted by molar-refractivity contribution is -0.0192. The SMILES string of the molecule is C=CCO[C@H]1C[C@@H](CCc2ccc3cccnc3n2)C1. The molecule has 2 heterocycles. The van der Waals surface area contributed by atoms with Gasteiger partial charge in [-0.3, -0.25) is 0 Å². The summed E-state index contributed by atoms with van der Waals surface area (Å²) in [7, 11) is 0. The molecule has 0 bridgehead atoms. The summed E-state index contributed by atoms with van der Waals surface area (Å²) in [4.78, 5) is 8.93. The first-order valence-electron chi connectivity index (χ1n) is 7.28.